The van der Waals surface area contributed by atoms with Crippen LogP contribution in [0.3, 0.4) is 0 Å². The van der Waals surface area contributed by atoms with Crippen LogP contribution in [0.1, 0.15) is 5.56 Å². The zero-order valence-electron chi connectivity index (χ0n) is 7.28. The largest absolute Gasteiger partial charge is 0.586 e. The van der Waals surface area contributed by atoms with Crippen LogP contribution in [0, 0.1) is 0 Å². The lowest BCUT2D eigenvalue weighted by molar-refractivity contribution is -0.286. The Bertz CT molecular complexity index is 434. The summed E-state index contributed by atoms with van der Waals surface area (Å²) in [5, 5.41) is 11.1. The SMILES string of the molecule is NC(=NO)c1ccc2c(c1)OC(F)(F)O2. The second-order valence-corrected chi connectivity index (χ2v) is 2.81. The van der Waals surface area contributed by atoms with Gasteiger partial charge in [0.25, 0.3) is 0 Å². The quantitative estimate of drug-likeness (QED) is 0.319. The molecule has 1 aliphatic rings. The van der Waals surface area contributed by atoms with E-state index < -0.39 is 6.29 Å². The molecule has 0 aromatic heterocycles. The fourth-order valence-corrected chi connectivity index (χ4v) is 1.17. The van der Waals surface area contributed by atoms with Gasteiger partial charge in [-0.25, -0.2) is 0 Å². The third kappa shape index (κ3) is 1.63. The molecule has 0 unspecified atom stereocenters. The molecule has 1 aliphatic heterocycles. The van der Waals surface area contributed by atoms with Crippen molar-refractivity contribution in [2.75, 3.05) is 0 Å². The number of rotatable bonds is 1. The molecule has 2 rings (SSSR count). The summed E-state index contributed by atoms with van der Waals surface area (Å²) in [6.07, 6.45) is -3.66. The standard InChI is InChI=1S/C8H6F2N2O3/c9-8(10)14-5-2-1-4(7(11)12-13)3-6(5)15-8/h1-3,13H,(H2,11,12). The van der Waals surface area contributed by atoms with Crippen molar-refractivity contribution in [3.05, 3.63) is 23.8 Å². The third-order valence-electron chi connectivity index (χ3n) is 1.80. The zero-order valence-corrected chi connectivity index (χ0v) is 7.28. The van der Waals surface area contributed by atoms with Gasteiger partial charge in [-0.2, -0.15) is 0 Å². The average molecular weight is 216 g/mol. The van der Waals surface area contributed by atoms with Gasteiger partial charge in [0.15, 0.2) is 17.3 Å². The maximum absolute atomic E-state index is 12.6. The number of hydrogen-bond acceptors (Lipinski definition) is 4. The molecule has 15 heavy (non-hydrogen) atoms. The number of benzene rings is 1. The minimum atomic E-state index is -3.66. The number of ether oxygens (including phenoxy) is 2. The molecule has 0 radical (unpaired) electrons. The molecule has 0 amide bonds. The van der Waals surface area contributed by atoms with Gasteiger partial charge >= 0.3 is 6.29 Å². The van der Waals surface area contributed by atoms with E-state index in [0.717, 1.165) is 0 Å². The van der Waals surface area contributed by atoms with E-state index in [0.29, 0.717) is 0 Å². The van der Waals surface area contributed by atoms with E-state index in [-0.39, 0.29) is 22.9 Å². The Morgan fingerprint density at radius 3 is 2.67 bits per heavy atom. The Labute approximate surface area is 82.7 Å². The van der Waals surface area contributed by atoms with Crippen LogP contribution in [0.2, 0.25) is 0 Å². The molecule has 1 aromatic rings. The molecule has 0 saturated carbocycles. The van der Waals surface area contributed by atoms with E-state index in [1.807, 2.05) is 0 Å². The van der Waals surface area contributed by atoms with Crippen molar-refractivity contribution in [3.63, 3.8) is 0 Å². The van der Waals surface area contributed by atoms with Crippen LogP contribution in [-0.4, -0.2) is 17.3 Å². The van der Waals surface area contributed by atoms with Crippen molar-refractivity contribution in [1.82, 2.24) is 0 Å². The van der Waals surface area contributed by atoms with E-state index in [1.54, 1.807) is 0 Å². The summed E-state index contributed by atoms with van der Waals surface area (Å²) in [7, 11) is 0. The van der Waals surface area contributed by atoms with Crippen molar-refractivity contribution in [1.29, 1.82) is 0 Å². The van der Waals surface area contributed by atoms with Crippen molar-refractivity contribution < 1.29 is 23.5 Å². The molecule has 0 saturated heterocycles. The fraction of sp³-hybridized carbons (Fsp3) is 0.125. The minimum Gasteiger partial charge on any atom is -0.409 e. The maximum atomic E-state index is 12.6. The van der Waals surface area contributed by atoms with Gasteiger partial charge < -0.3 is 20.4 Å². The molecule has 7 heteroatoms. The fourth-order valence-electron chi connectivity index (χ4n) is 1.17. The van der Waals surface area contributed by atoms with Crippen LogP contribution >= 0.6 is 0 Å². The average Bonchev–Trinajstić information content (AvgIpc) is 2.49. The highest BCUT2D eigenvalue weighted by atomic mass is 19.3. The lowest BCUT2D eigenvalue weighted by Gasteiger charge is -2.04. The molecule has 0 spiro atoms. The van der Waals surface area contributed by atoms with E-state index in [9.17, 15) is 8.78 Å². The maximum Gasteiger partial charge on any atom is 0.586 e. The van der Waals surface area contributed by atoms with Crippen LogP contribution < -0.4 is 15.2 Å². The number of oxime groups is 1. The summed E-state index contributed by atoms with van der Waals surface area (Å²) >= 11 is 0. The lowest BCUT2D eigenvalue weighted by atomic mass is 10.2. The summed E-state index contributed by atoms with van der Waals surface area (Å²) in [5.41, 5.74) is 5.53. The van der Waals surface area contributed by atoms with Gasteiger partial charge in [0.05, 0.1) is 0 Å². The monoisotopic (exact) mass is 216 g/mol. The zero-order chi connectivity index (χ0) is 11.1. The first-order valence-corrected chi connectivity index (χ1v) is 3.89. The van der Waals surface area contributed by atoms with E-state index in [4.69, 9.17) is 10.9 Å². The summed E-state index contributed by atoms with van der Waals surface area (Å²) in [6, 6.07) is 3.83. The Balaban J connectivity index is 2.39. The number of nitrogens with zero attached hydrogens (tertiary/aromatic N) is 1. The number of nitrogens with two attached hydrogens (primary N) is 1. The van der Waals surface area contributed by atoms with E-state index >= 15 is 0 Å². The van der Waals surface area contributed by atoms with Crippen LogP contribution in [-0.2, 0) is 0 Å². The van der Waals surface area contributed by atoms with Crippen LogP contribution in [0.25, 0.3) is 0 Å². The van der Waals surface area contributed by atoms with Crippen molar-refractivity contribution in [2.24, 2.45) is 10.9 Å². The highest BCUT2D eigenvalue weighted by Gasteiger charge is 2.43. The van der Waals surface area contributed by atoms with Gasteiger partial charge in [-0.1, -0.05) is 5.16 Å². The third-order valence-corrected chi connectivity index (χ3v) is 1.80. The molecule has 80 valence electrons. The summed E-state index contributed by atoms with van der Waals surface area (Å²) < 4.78 is 33.5. The normalized spacial score (nSPS) is 17.9. The predicted octanol–water partition coefficient (Wildman–Crippen LogP) is 1.10. The first-order valence-electron chi connectivity index (χ1n) is 3.89. The van der Waals surface area contributed by atoms with Crippen LogP contribution in [0.5, 0.6) is 11.5 Å². The molecule has 0 fully saturated rings. The Kier molecular flexibility index (Phi) is 1.88. The molecule has 3 N–H and O–H groups in total. The summed E-state index contributed by atoms with van der Waals surface area (Å²) in [5.74, 6) is -0.435. The minimum absolute atomic E-state index is 0.0884. The number of hydrogen-bond donors (Lipinski definition) is 2. The van der Waals surface area contributed by atoms with Gasteiger partial charge in [0, 0.05) is 5.56 Å². The topological polar surface area (TPSA) is 77.1 Å². The van der Waals surface area contributed by atoms with Crippen molar-refractivity contribution in [2.45, 2.75) is 6.29 Å². The second-order valence-electron chi connectivity index (χ2n) is 2.81. The number of alkyl halides is 2. The highest BCUT2D eigenvalue weighted by Crippen LogP contribution is 2.41. The summed E-state index contributed by atoms with van der Waals surface area (Å²) in [4.78, 5) is 0. The van der Waals surface area contributed by atoms with Crippen molar-refractivity contribution in [3.8, 4) is 11.5 Å². The van der Waals surface area contributed by atoms with Gasteiger partial charge in [0.2, 0.25) is 0 Å². The molecule has 5 nitrogen and oxygen atoms in total. The van der Waals surface area contributed by atoms with E-state index in [1.165, 1.54) is 18.2 Å². The highest BCUT2D eigenvalue weighted by molar-refractivity contribution is 5.97. The number of fused-ring (bicyclic) bond motifs is 1. The molecule has 0 atom stereocenters. The second kappa shape index (κ2) is 2.97. The van der Waals surface area contributed by atoms with Crippen LogP contribution in [0.15, 0.2) is 23.4 Å². The van der Waals surface area contributed by atoms with Crippen molar-refractivity contribution >= 4 is 5.84 Å². The van der Waals surface area contributed by atoms with Crippen LogP contribution in [0.4, 0.5) is 8.78 Å². The van der Waals surface area contributed by atoms with Gasteiger partial charge in [-0.05, 0) is 18.2 Å². The lowest BCUT2D eigenvalue weighted by Crippen LogP contribution is -2.25. The Morgan fingerprint density at radius 1 is 1.33 bits per heavy atom. The molecule has 0 aliphatic carbocycles. The number of halogens is 2. The molecular weight excluding hydrogens is 210 g/mol. The van der Waals surface area contributed by atoms with Gasteiger partial charge in [0.1, 0.15) is 0 Å². The first-order chi connectivity index (χ1) is 7.02. The van der Waals surface area contributed by atoms with Gasteiger partial charge in [-0.15, -0.1) is 8.78 Å². The molecular formula is C8H6F2N2O3. The Hall–Kier alpha value is -2.05. The van der Waals surface area contributed by atoms with Gasteiger partial charge in [-0.3, -0.25) is 0 Å². The Morgan fingerprint density at radius 2 is 2.00 bits per heavy atom. The molecule has 0 bridgehead atoms. The first kappa shape index (κ1) is 9.50. The summed E-state index contributed by atoms with van der Waals surface area (Å²) in [6.45, 7) is 0. The number of amidine groups is 1. The molecule has 1 heterocycles. The predicted molar refractivity (Wildman–Crippen MR) is 45.2 cm³/mol. The smallest absolute Gasteiger partial charge is 0.409 e. The van der Waals surface area contributed by atoms with E-state index in [2.05, 4.69) is 14.6 Å². The molecule has 1 aromatic carbocycles.